The highest BCUT2D eigenvalue weighted by Crippen LogP contribution is 2.18. The summed E-state index contributed by atoms with van der Waals surface area (Å²) in [6.45, 7) is 6.29. The molecule has 0 radical (unpaired) electrons. The van der Waals surface area contributed by atoms with Crippen molar-refractivity contribution in [3.63, 3.8) is 0 Å². The van der Waals surface area contributed by atoms with Crippen molar-refractivity contribution in [3.8, 4) is 5.88 Å². The van der Waals surface area contributed by atoms with Gasteiger partial charge in [-0.3, -0.25) is 9.48 Å². The maximum Gasteiger partial charge on any atom is 0.307 e. The summed E-state index contributed by atoms with van der Waals surface area (Å²) < 4.78 is 28.6. The van der Waals surface area contributed by atoms with Gasteiger partial charge in [0.25, 0.3) is 11.8 Å². The lowest BCUT2D eigenvalue weighted by Gasteiger charge is -2.14. The van der Waals surface area contributed by atoms with Crippen molar-refractivity contribution in [2.45, 2.75) is 46.2 Å². The lowest BCUT2D eigenvalue weighted by atomic mass is 10.1. The third kappa shape index (κ3) is 4.52. The molecule has 1 heterocycles. The van der Waals surface area contributed by atoms with Gasteiger partial charge in [-0.1, -0.05) is 13.8 Å². The predicted molar refractivity (Wildman–Crippen MR) is 75.2 cm³/mol. The molecule has 0 saturated carbocycles. The van der Waals surface area contributed by atoms with Crippen LogP contribution in [-0.2, 0) is 16.7 Å². The number of hydrogen-bond acceptors (Lipinski definition) is 5. The van der Waals surface area contributed by atoms with Crippen LogP contribution in [0.4, 0.5) is 0 Å². The Hall–Kier alpha value is -1.57. The van der Waals surface area contributed by atoms with Crippen molar-refractivity contribution in [3.05, 3.63) is 11.8 Å². The maximum absolute atomic E-state index is 12.2. The highest BCUT2D eigenvalue weighted by molar-refractivity contribution is 7.86. The number of amides is 1. The number of rotatable bonds is 7. The van der Waals surface area contributed by atoms with Crippen molar-refractivity contribution >= 4 is 16.0 Å². The molecule has 1 rings (SSSR count). The number of carbonyl (C=O) groups excluding carboxylic acids is 1. The lowest BCUT2D eigenvalue weighted by Crippen LogP contribution is -2.33. The first-order valence-corrected chi connectivity index (χ1v) is 8.40. The van der Waals surface area contributed by atoms with Crippen molar-refractivity contribution in [1.82, 2.24) is 15.1 Å². The first-order valence-electron chi connectivity index (χ1n) is 6.58. The van der Waals surface area contributed by atoms with Gasteiger partial charge in [-0.25, -0.2) is 0 Å². The summed E-state index contributed by atoms with van der Waals surface area (Å²) >= 11 is 0. The average Bonchev–Trinajstić information content (AvgIpc) is 2.76. The van der Waals surface area contributed by atoms with Crippen LogP contribution in [-0.4, -0.2) is 36.4 Å². The molecule has 0 aliphatic rings. The van der Waals surface area contributed by atoms with E-state index in [1.807, 2.05) is 20.8 Å². The van der Waals surface area contributed by atoms with Crippen molar-refractivity contribution in [1.29, 1.82) is 0 Å². The molecule has 1 aromatic rings. The van der Waals surface area contributed by atoms with Crippen LogP contribution in [0.25, 0.3) is 0 Å². The zero-order valence-corrected chi connectivity index (χ0v) is 13.0. The Morgan fingerprint density at radius 1 is 1.40 bits per heavy atom. The average molecular weight is 303 g/mol. The summed E-state index contributed by atoms with van der Waals surface area (Å²) in [4.78, 5) is 12.2. The van der Waals surface area contributed by atoms with E-state index in [1.54, 1.807) is 0 Å². The van der Waals surface area contributed by atoms with Gasteiger partial charge < -0.3 is 9.50 Å². The van der Waals surface area contributed by atoms with Crippen LogP contribution in [0.2, 0.25) is 0 Å². The molecule has 0 saturated heterocycles. The molecular weight excluding hydrogens is 282 g/mol. The van der Waals surface area contributed by atoms with E-state index in [0.29, 0.717) is 6.54 Å². The van der Waals surface area contributed by atoms with Crippen LogP contribution in [0.3, 0.4) is 0 Å². The van der Waals surface area contributed by atoms with Crippen LogP contribution in [0.5, 0.6) is 5.88 Å². The van der Waals surface area contributed by atoms with E-state index in [2.05, 4.69) is 10.4 Å². The molecule has 8 heteroatoms. The zero-order chi connectivity index (χ0) is 15.3. The monoisotopic (exact) mass is 303 g/mol. The summed E-state index contributed by atoms with van der Waals surface area (Å²) in [7, 11) is -3.72. The van der Waals surface area contributed by atoms with Gasteiger partial charge in [0, 0.05) is 18.8 Å². The molecule has 0 bridgehead atoms. The van der Waals surface area contributed by atoms with E-state index in [9.17, 15) is 13.2 Å². The molecule has 0 unspecified atom stereocenters. The van der Waals surface area contributed by atoms with Gasteiger partial charge in [0.2, 0.25) is 0 Å². The third-order valence-electron chi connectivity index (χ3n) is 2.85. The molecule has 1 amide bonds. The lowest BCUT2D eigenvalue weighted by molar-refractivity contribution is 0.0933. The number of aryl methyl sites for hydroxylation is 1. The van der Waals surface area contributed by atoms with E-state index < -0.39 is 10.1 Å². The summed E-state index contributed by atoms with van der Waals surface area (Å²) in [6, 6.07) is 0.0403. The van der Waals surface area contributed by atoms with Gasteiger partial charge >= 0.3 is 10.1 Å². The Kier molecular flexibility index (Phi) is 5.55. The van der Waals surface area contributed by atoms with Gasteiger partial charge in [0.15, 0.2) is 0 Å². The van der Waals surface area contributed by atoms with E-state index in [1.165, 1.54) is 10.9 Å². The standard InChI is InChI=1S/C12H21N3O4S/c1-5-9(6-2)13-11(16)10-8-15(7-3)14-12(10)19-20(4,17)18/h8-9H,5-7H2,1-4H3,(H,13,16). The highest BCUT2D eigenvalue weighted by Gasteiger charge is 2.22. The van der Waals surface area contributed by atoms with E-state index in [4.69, 9.17) is 4.18 Å². The minimum atomic E-state index is -3.72. The van der Waals surface area contributed by atoms with Crippen LogP contribution in [0.1, 0.15) is 44.0 Å². The molecule has 0 spiro atoms. The van der Waals surface area contributed by atoms with E-state index in [-0.39, 0.29) is 23.4 Å². The predicted octanol–water partition coefficient (Wildman–Crippen LogP) is 1.16. The van der Waals surface area contributed by atoms with Crippen LogP contribution in [0, 0.1) is 0 Å². The fourth-order valence-electron chi connectivity index (χ4n) is 1.68. The molecule has 20 heavy (non-hydrogen) atoms. The van der Waals surface area contributed by atoms with Crippen molar-refractivity contribution in [2.75, 3.05) is 6.26 Å². The number of aromatic nitrogens is 2. The molecule has 1 aromatic heterocycles. The molecular formula is C12H21N3O4S. The molecule has 1 N–H and O–H groups in total. The van der Waals surface area contributed by atoms with Gasteiger partial charge in [0.1, 0.15) is 5.56 Å². The Morgan fingerprint density at radius 2 is 2.00 bits per heavy atom. The van der Waals surface area contributed by atoms with E-state index in [0.717, 1.165) is 19.1 Å². The highest BCUT2D eigenvalue weighted by atomic mass is 32.2. The first kappa shape index (κ1) is 16.5. The minimum Gasteiger partial charge on any atom is -0.359 e. The molecule has 0 fully saturated rings. The summed E-state index contributed by atoms with van der Waals surface area (Å²) in [5.41, 5.74) is 0.129. The molecule has 0 aliphatic heterocycles. The van der Waals surface area contributed by atoms with Crippen LogP contribution >= 0.6 is 0 Å². The quantitative estimate of drug-likeness (QED) is 0.763. The maximum atomic E-state index is 12.2. The Balaban J connectivity index is 3.03. The Bertz CT molecular complexity index is 561. The smallest absolute Gasteiger partial charge is 0.307 e. The minimum absolute atomic E-state index is 0.0403. The summed E-state index contributed by atoms with van der Waals surface area (Å²) in [6.07, 6.45) is 4.00. The zero-order valence-electron chi connectivity index (χ0n) is 12.2. The fraction of sp³-hybridized carbons (Fsp3) is 0.667. The van der Waals surface area contributed by atoms with Crippen LogP contribution in [0.15, 0.2) is 6.20 Å². The summed E-state index contributed by atoms with van der Waals surface area (Å²) in [5, 5.41) is 6.78. The fourth-order valence-corrected chi connectivity index (χ4v) is 2.09. The first-order chi connectivity index (χ1) is 9.30. The molecule has 0 aliphatic carbocycles. The van der Waals surface area contributed by atoms with Crippen molar-refractivity contribution in [2.24, 2.45) is 0 Å². The number of hydrogen-bond donors (Lipinski definition) is 1. The summed E-state index contributed by atoms with van der Waals surface area (Å²) in [5.74, 6) is -0.560. The molecule has 114 valence electrons. The van der Waals surface area contributed by atoms with Gasteiger partial charge in [-0.05, 0) is 19.8 Å². The number of nitrogens with one attached hydrogen (secondary N) is 1. The normalized spacial score (nSPS) is 11.7. The third-order valence-corrected chi connectivity index (χ3v) is 3.31. The van der Waals surface area contributed by atoms with Gasteiger partial charge in [0.05, 0.1) is 6.26 Å². The second-order valence-corrected chi connectivity index (χ2v) is 6.05. The molecule has 0 aromatic carbocycles. The largest absolute Gasteiger partial charge is 0.359 e. The second-order valence-electron chi connectivity index (χ2n) is 4.48. The topological polar surface area (TPSA) is 90.3 Å². The van der Waals surface area contributed by atoms with Gasteiger partial charge in [-0.2, -0.15) is 8.42 Å². The Labute approximate surface area is 119 Å². The molecule has 7 nitrogen and oxygen atoms in total. The van der Waals surface area contributed by atoms with Crippen LogP contribution < -0.4 is 9.50 Å². The van der Waals surface area contributed by atoms with E-state index >= 15 is 0 Å². The number of nitrogens with zero attached hydrogens (tertiary/aromatic N) is 2. The SMILES string of the molecule is CCC(CC)NC(=O)c1cn(CC)nc1OS(C)(=O)=O. The number of carbonyl (C=O) groups is 1. The van der Waals surface area contributed by atoms with Crippen molar-refractivity contribution < 1.29 is 17.4 Å². The molecule has 0 atom stereocenters. The second kappa shape index (κ2) is 6.74. The van der Waals surface area contributed by atoms with Gasteiger partial charge in [-0.15, -0.1) is 5.10 Å². The Morgan fingerprint density at radius 3 is 2.45 bits per heavy atom.